The Kier molecular flexibility index (Phi) is 9.48. The van der Waals surface area contributed by atoms with Crippen LogP contribution in [0.2, 0.25) is 0 Å². The number of anilines is 3. The number of hydrogen-bond donors (Lipinski definition) is 0. The zero-order valence-corrected chi connectivity index (χ0v) is 42.0. The number of hydrogen-bond acceptors (Lipinski definition) is 1. The fourth-order valence-corrected chi connectivity index (χ4v) is 13.2. The highest BCUT2D eigenvalue weighted by atomic mass is 15.1. The van der Waals surface area contributed by atoms with Crippen LogP contribution >= 0.6 is 0 Å². The molecule has 0 aliphatic heterocycles. The zero-order valence-electron chi connectivity index (χ0n) is 42.0. The lowest BCUT2D eigenvalue weighted by molar-refractivity contribution is 0.590. The van der Waals surface area contributed by atoms with E-state index in [1.54, 1.807) is 0 Å². The molecule has 1 nitrogen and oxygen atoms in total. The Morgan fingerprint density at radius 3 is 1.52 bits per heavy atom. The summed E-state index contributed by atoms with van der Waals surface area (Å²) in [5, 5.41) is 2.43. The van der Waals surface area contributed by atoms with Gasteiger partial charge in [-0.15, -0.1) is 0 Å². The van der Waals surface area contributed by atoms with Crippen molar-refractivity contribution in [1.82, 2.24) is 0 Å². The first-order valence-corrected chi connectivity index (χ1v) is 25.9. The number of benzene rings is 11. The lowest BCUT2D eigenvalue weighted by atomic mass is 9.70. The second kappa shape index (κ2) is 16.0. The van der Waals surface area contributed by atoms with E-state index < -0.39 is 5.41 Å². The average Bonchev–Trinajstić information content (AvgIpc) is 3.99. The first kappa shape index (κ1) is 43.3. The number of fused-ring (bicyclic) bond motifs is 14. The second-order valence-electron chi connectivity index (χ2n) is 22.0. The van der Waals surface area contributed by atoms with E-state index in [-0.39, 0.29) is 10.8 Å². The molecule has 0 atom stereocenters. The Balaban J connectivity index is 1.05. The third kappa shape index (κ3) is 6.34. The minimum atomic E-state index is -0.440. The van der Waals surface area contributed by atoms with Crippen molar-refractivity contribution in [3.05, 3.63) is 282 Å². The monoisotopic (exact) mass is 933 g/mol. The van der Waals surface area contributed by atoms with E-state index in [0.29, 0.717) is 0 Å². The highest BCUT2D eigenvalue weighted by Crippen LogP contribution is 2.64. The molecule has 11 aromatic carbocycles. The van der Waals surface area contributed by atoms with Crippen molar-refractivity contribution in [2.45, 2.75) is 50.9 Å². The van der Waals surface area contributed by atoms with Gasteiger partial charge >= 0.3 is 0 Å². The molecular weight excluding hydrogens is 879 g/mol. The van der Waals surface area contributed by atoms with Gasteiger partial charge in [0.05, 0.1) is 16.8 Å². The van der Waals surface area contributed by atoms with Crippen LogP contribution in [0.3, 0.4) is 0 Å². The van der Waals surface area contributed by atoms with E-state index in [9.17, 15) is 0 Å². The van der Waals surface area contributed by atoms with Gasteiger partial charge < -0.3 is 4.90 Å². The first-order valence-electron chi connectivity index (χ1n) is 25.9. The summed E-state index contributed by atoms with van der Waals surface area (Å²) >= 11 is 0. The molecule has 0 heterocycles. The topological polar surface area (TPSA) is 3.24 Å². The van der Waals surface area contributed by atoms with Crippen molar-refractivity contribution < 1.29 is 0 Å². The van der Waals surface area contributed by atoms with Gasteiger partial charge in [-0.1, -0.05) is 241 Å². The van der Waals surface area contributed by atoms with E-state index in [1.807, 2.05) is 0 Å². The highest BCUT2D eigenvalue weighted by molar-refractivity contribution is 6.08. The normalized spacial score (nSPS) is 14.0. The van der Waals surface area contributed by atoms with Crippen LogP contribution in [-0.4, -0.2) is 0 Å². The van der Waals surface area contributed by atoms with Crippen LogP contribution in [0.25, 0.3) is 77.5 Å². The molecule has 1 heteroatoms. The smallest absolute Gasteiger partial charge is 0.0725 e. The third-order valence-corrected chi connectivity index (χ3v) is 16.7. The van der Waals surface area contributed by atoms with Gasteiger partial charge in [-0.3, -0.25) is 0 Å². The van der Waals surface area contributed by atoms with Crippen LogP contribution in [-0.2, 0) is 16.2 Å². The summed E-state index contributed by atoms with van der Waals surface area (Å²) < 4.78 is 0. The summed E-state index contributed by atoms with van der Waals surface area (Å²) in [7, 11) is 0. The van der Waals surface area contributed by atoms with Gasteiger partial charge in [0.15, 0.2) is 0 Å². The Labute approximate surface area is 429 Å². The molecule has 0 amide bonds. The van der Waals surface area contributed by atoms with Crippen molar-refractivity contribution in [2.75, 3.05) is 4.90 Å². The third-order valence-electron chi connectivity index (χ3n) is 16.7. The van der Waals surface area contributed by atoms with Gasteiger partial charge in [-0.05, 0) is 147 Å². The standard InChI is InChI=1S/C72H55N/c1-70(2,3)51-36-31-46(32-37-51)49-35-41-67(59(43-49)47-19-7-6-8-20-47)73(68-42-34-48-21-9-10-22-53(48)69(68)50-33-39-58-54-23-11-15-27-61(54)71(4,5)66(58)44-50)52-38-40-65-60(45-52)57-26-14-18-30-64(57)72(65)62-28-16-12-24-55(62)56-25-13-17-29-63(56)72/h6-45H,1-5H3. The number of nitrogens with zero attached hydrogens (tertiary/aromatic N) is 1. The summed E-state index contributed by atoms with van der Waals surface area (Å²) in [5.74, 6) is 0. The van der Waals surface area contributed by atoms with Crippen LogP contribution in [0.15, 0.2) is 243 Å². The highest BCUT2D eigenvalue weighted by Gasteiger charge is 2.51. The Morgan fingerprint density at radius 2 is 0.849 bits per heavy atom. The van der Waals surface area contributed by atoms with E-state index in [2.05, 4.69) is 282 Å². The van der Waals surface area contributed by atoms with E-state index in [4.69, 9.17) is 0 Å². The molecule has 3 aliphatic rings. The summed E-state index contributed by atoms with van der Waals surface area (Å²) in [5.41, 5.74) is 27.2. The van der Waals surface area contributed by atoms with E-state index >= 15 is 0 Å². The fourth-order valence-electron chi connectivity index (χ4n) is 13.2. The molecule has 14 rings (SSSR count). The molecule has 0 aromatic heterocycles. The van der Waals surface area contributed by atoms with Gasteiger partial charge in [0.1, 0.15) is 0 Å². The maximum atomic E-state index is 2.58. The molecule has 0 bridgehead atoms. The molecule has 0 fully saturated rings. The Morgan fingerprint density at radius 1 is 0.329 bits per heavy atom. The van der Waals surface area contributed by atoms with Gasteiger partial charge in [0.2, 0.25) is 0 Å². The van der Waals surface area contributed by atoms with Crippen LogP contribution in [0.5, 0.6) is 0 Å². The van der Waals surface area contributed by atoms with E-state index in [0.717, 1.165) is 17.1 Å². The lowest BCUT2D eigenvalue weighted by Gasteiger charge is -2.33. The maximum absolute atomic E-state index is 2.58. The van der Waals surface area contributed by atoms with Crippen molar-refractivity contribution in [3.63, 3.8) is 0 Å². The second-order valence-corrected chi connectivity index (χ2v) is 22.0. The van der Waals surface area contributed by atoms with E-state index in [1.165, 1.54) is 116 Å². The molecule has 1 spiro atoms. The van der Waals surface area contributed by atoms with Gasteiger partial charge in [0, 0.05) is 22.2 Å². The van der Waals surface area contributed by atoms with Gasteiger partial charge in [-0.25, -0.2) is 0 Å². The number of rotatable bonds is 6. The first-order chi connectivity index (χ1) is 35.6. The SMILES string of the molecule is CC(C)(C)c1ccc(-c2ccc(N(c3ccc4c(c3)-c3ccccc3C43c4ccccc4-c4ccccc43)c3ccc4ccccc4c3-c3ccc4c(c3)C(C)(C)c3ccccc3-4)c(-c3ccccc3)c2)cc1. The minimum absolute atomic E-state index is 0.0643. The average molecular weight is 934 g/mol. The summed E-state index contributed by atoms with van der Waals surface area (Å²) in [6.07, 6.45) is 0. The van der Waals surface area contributed by atoms with Crippen LogP contribution < -0.4 is 4.90 Å². The van der Waals surface area contributed by atoms with Crippen LogP contribution in [0, 0.1) is 0 Å². The van der Waals surface area contributed by atoms with Crippen LogP contribution in [0.1, 0.15) is 73.6 Å². The summed E-state index contributed by atoms with van der Waals surface area (Å²) in [6.45, 7) is 11.6. The molecule has 0 unspecified atom stereocenters. The summed E-state index contributed by atoms with van der Waals surface area (Å²) in [4.78, 5) is 2.58. The predicted octanol–water partition coefficient (Wildman–Crippen LogP) is 19.3. The molecule has 0 saturated carbocycles. The van der Waals surface area contributed by atoms with Crippen molar-refractivity contribution in [3.8, 4) is 66.8 Å². The Hall–Kier alpha value is -8.52. The zero-order chi connectivity index (χ0) is 49.2. The largest absolute Gasteiger partial charge is 0.309 e. The minimum Gasteiger partial charge on any atom is -0.309 e. The van der Waals surface area contributed by atoms with Crippen molar-refractivity contribution in [1.29, 1.82) is 0 Å². The molecule has 348 valence electrons. The molecule has 11 aromatic rings. The summed E-state index contributed by atoms with van der Waals surface area (Å²) in [6, 6.07) is 91.9. The maximum Gasteiger partial charge on any atom is 0.0725 e. The molecule has 3 aliphatic carbocycles. The molecule has 0 saturated heterocycles. The van der Waals surface area contributed by atoms with Gasteiger partial charge in [0.25, 0.3) is 0 Å². The molecule has 73 heavy (non-hydrogen) atoms. The predicted molar refractivity (Wildman–Crippen MR) is 308 cm³/mol. The Bertz CT molecular complexity index is 3990. The molecular formula is C72H55N. The van der Waals surface area contributed by atoms with Gasteiger partial charge in [-0.2, -0.15) is 0 Å². The lowest BCUT2D eigenvalue weighted by Crippen LogP contribution is -2.25. The van der Waals surface area contributed by atoms with Crippen LogP contribution in [0.4, 0.5) is 17.1 Å². The molecule has 0 N–H and O–H groups in total. The quantitative estimate of drug-likeness (QED) is 0.161. The van der Waals surface area contributed by atoms with Crippen molar-refractivity contribution in [2.24, 2.45) is 0 Å². The molecule has 0 radical (unpaired) electrons. The van der Waals surface area contributed by atoms with Crippen molar-refractivity contribution >= 4 is 27.8 Å². The fraction of sp³-hybridized carbons (Fsp3) is 0.111.